The average molecular weight is 254 g/mol. The first-order valence-corrected chi connectivity index (χ1v) is 7.63. The molecule has 1 rings (SSSR count). The summed E-state index contributed by atoms with van der Waals surface area (Å²) in [6.45, 7) is 15.3. The third-order valence-corrected chi connectivity index (χ3v) is 5.88. The first-order chi connectivity index (χ1) is 8.17. The molecule has 0 aromatic heterocycles. The maximum atomic E-state index is 6.24. The second-order valence-electron chi connectivity index (χ2n) is 7.47. The van der Waals surface area contributed by atoms with Crippen molar-refractivity contribution in [3.05, 3.63) is 0 Å². The van der Waals surface area contributed by atoms with Crippen molar-refractivity contribution in [3.8, 4) is 0 Å². The van der Waals surface area contributed by atoms with Gasteiger partial charge in [-0.2, -0.15) is 0 Å². The molecule has 0 spiro atoms. The lowest BCUT2D eigenvalue weighted by Gasteiger charge is -2.48. The highest BCUT2D eigenvalue weighted by atomic mass is 15.1. The normalized spacial score (nSPS) is 34.0. The van der Waals surface area contributed by atoms with E-state index in [1.807, 2.05) is 0 Å². The Morgan fingerprint density at radius 3 is 2.28 bits per heavy atom. The minimum Gasteiger partial charge on any atom is -0.327 e. The average Bonchev–Trinajstić information content (AvgIpc) is 2.29. The van der Waals surface area contributed by atoms with E-state index >= 15 is 0 Å². The van der Waals surface area contributed by atoms with E-state index in [9.17, 15) is 0 Å². The fourth-order valence-corrected chi connectivity index (χ4v) is 3.29. The van der Waals surface area contributed by atoms with Crippen molar-refractivity contribution in [1.29, 1.82) is 0 Å². The number of rotatable bonds is 4. The third kappa shape index (κ3) is 3.27. The summed E-state index contributed by atoms with van der Waals surface area (Å²) in [5.41, 5.74) is 6.61. The molecule has 0 amide bonds. The van der Waals surface area contributed by atoms with Gasteiger partial charge in [0.15, 0.2) is 0 Å². The van der Waals surface area contributed by atoms with Gasteiger partial charge in [0.05, 0.1) is 0 Å². The molecule has 1 aliphatic rings. The standard InChI is InChI=1S/C16H34N2/c1-11(2)13(4)18(7)10-14-8-9-15(17)12(3)16(14,5)6/h11-15H,8-10,17H2,1-7H3. The Kier molecular flexibility index (Phi) is 5.25. The highest BCUT2D eigenvalue weighted by Gasteiger charge is 2.42. The summed E-state index contributed by atoms with van der Waals surface area (Å²) in [7, 11) is 2.28. The first kappa shape index (κ1) is 16.0. The van der Waals surface area contributed by atoms with Crippen molar-refractivity contribution >= 4 is 0 Å². The van der Waals surface area contributed by atoms with Crippen LogP contribution >= 0.6 is 0 Å². The van der Waals surface area contributed by atoms with E-state index in [1.165, 1.54) is 19.4 Å². The number of hydrogen-bond acceptors (Lipinski definition) is 2. The molecular weight excluding hydrogens is 220 g/mol. The monoisotopic (exact) mass is 254 g/mol. The van der Waals surface area contributed by atoms with Gasteiger partial charge in [0.1, 0.15) is 0 Å². The Hall–Kier alpha value is -0.0800. The predicted molar refractivity (Wildman–Crippen MR) is 80.6 cm³/mol. The zero-order valence-electron chi connectivity index (χ0n) is 13.5. The molecule has 2 N–H and O–H groups in total. The Morgan fingerprint density at radius 1 is 1.22 bits per heavy atom. The van der Waals surface area contributed by atoms with Gasteiger partial charge in [0, 0.05) is 18.6 Å². The predicted octanol–water partition coefficient (Wildman–Crippen LogP) is 3.36. The molecule has 1 saturated carbocycles. The van der Waals surface area contributed by atoms with E-state index < -0.39 is 0 Å². The van der Waals surface area contributed by atoms with Crippen LogP contribution in [0.25, 0.3) is 0 Å². The summed E-state index contributed by atoms with van der Waals surface area (Å²) < 4.78 is 0. The molecule has 4 atom stereocenters. The molecule has 0 heterocycles. The molecule has 0 radical (unpaired) electrons. The molecule has 1 aliphatic carbocycles. The van der Waals surface area contributed by atoms with Crippen LogP contribution in [0.15, 0.2) is 0 Å². The molecule has 0 bridgehead atoms. The fourth-order valence-electron chi connectivity index (χ4n) is 3.29. The Labute approximate surface area is 114 Å². The summed E-state index contributed by atoms with van der Waals surface area (Å²) in [6, 6.07) is 1.05. The maximum Gasteiger partial charge on any atom is 0.00869 e. The largest absolute Gasteiger partial charge is 0.327 e. The molecule has 0 aromatic rings. The lowest BCUT2D eigenvalue weighted by atomic mass is 9.61. The smallest absolute Gasteiger partial charge is 0.00869 e. The fraction of sp³-hybridized carbons (Fsp3) is 1.00. The molecule has 108 valence electrons. The van der Waals surface area contributed by atoms with Crippen LogP contribution in [0.2, 0.25) is 0 Å². The zero-order chi connectivity index (χ0) is 14.1. The van der Waals surface area contributed by atoms with Crippen molar-refractivity contribution in [3.63, 3.8) is 0 Å². The summed E-state index contributed by atoms with van der Waals surface area (Å²) in [4.78, 5) is 2.54. The van der Waals surface area contributed by atoms with Crippen molar-refractivity contribution < 1.29 is 0 Å². The molecule has 0 saturated heterocycles. The second-order valence-corrected chi connectivity index (χ2v) is 7.47. The van der Waals surface area contributed by atoms with Gasteiger partial charge < -0.3 is 10.6 Å². The van der Waals surface area contributed by atoms with Crippen LogP contribution in [-0.4, -0.2) is 30.6 Å². The van der Waals surface area contributed by atoms with Crippen LogP contribution in [0.1, 0.15) is 54.4 Å². The van der Waals surface area contributed by atoms with E-state index in [0.29, 0.717) is 23.4 Å². The maximum absolute atomic E-state index is 6.24. The van der Waals surface area contributed by atoms with Crippen molar-refractivity contribution in [1.82, 2.24) is 4.90 Å². The van der Waals surface area contributed by atoms with Crippen LogP contribution in [0, 0.1) is 23.2 Å². The highest BCUT2D eigenvalue weighted by molar-refractivity contribution is 4.94. The van der Waals surface area contributed by atoms with Crippen LogP contribution < -0.4 is 5.73 Å². The van der Waals surface area contributed by atoms with E-state index in [4.69, 9.17) is 5.73 Å². The number of nitrogens with two attached hydrogens (primary N) is 1. The van der Waals surface area contributed by atoms with Gasteiger partial charge in [-0.25, -0.2) is 0 Å². The second kappa shape index (κ2) is 5.92. The van der Waals surface area contributed by atoms with E-state index in [2.05, 4.69) is 53.5 Å². The molecule has 4 unspecified atom stereocenters. The van der Waals surface area contributed by atoms with Crippen LogP contribution in [0.3, 0.4) is 0 Å². The quantitative estimate of drug-likeness (QED) is 0.833. The van der Waals surface area contributed by atoms with Crippen LogP contribution in [-0.2, 0) is 0 Å². The molecule has 0 aromatic carbocycles. The van der Waals surface area contributed by atoms with E-state index in [-0.39, 0.29) is 0 Å². The van der Waals surface area contributed by atoms with Crippen LogP contribution in [0.5, 0.6) is 0 Å². The molecule has 0 aliphatic heterocycles. The topological polar surface area (TPSA) is 29.3 Å². The Bertz CT molecular complexity index is 260. The summed E-state index contributed by atoms with van der Waals surface area (Å²) in [5.74, 6) is 2.12. The molecule has 1 fully saturated rings. The van der Waals surface area contributed by atoms with Gasteiger partial charge in [-0.3, -0.25) is 0 Å². The Balaban J connectivity index is 2.67. The molecule has 2 nitrogen and oxygen atoms in total. The van der Waals surface area contributed by atoms with Crippen molar-refractivity contribution in [2.75, 3.05) is 13.6 Å². The van der Waals surface area contributed by atoms with Gasteiger partial charge in [-0.1, -0.05) is 34.6 Å². The van der Waals surface area contributed by atoms with Crippen molar-refractivity contribution in [2.45, 2.75) is 66.5 Å². The SMILES string of the molecule is CC(C)C(C)N(C)CC1CCC(N)C(C)C1(C)C. The minimum atomic E-state index is 0.364. The van der Waals surface area contributed by atoms with Gasteiger partial charge in [0.2, 0.25) is 0 Å². The summed E-state index contributed by atoms with van der Waals surface area (Å²) in [5, 5.41) is 0. The van der Waals surface area contributed by atoms with Gasteiger partial charge >= 0.3 is 0 Å². The minimum absolute atomic E-state index is 0.364. The lowest BCUT2D eigenvalue weighted by molar-refractivity contribution is 0.0227. The van der Waals surface area contributed by atoms with Crippen molar-refractivity contribution in [2.24, 2.45) is 28.9 Å². The number of hydrogen-bond donors (Lipinski definition) is 1. The lowest BCUT2D eigenvalue weighted by Crippen LogP contribution is -2.50. The first-order valence-electron chi connectivity index (χ1n) is 7.63. The summed E-state index contributed by atoms with van der Waals surface area (Å²) >= 11 is 0. The zero-order valence-corrected chi connectivity index (χ0v) is 13.5. The van der Waals surface area contributed by atoms with E-state index in [0.717, 1.165) is 11.8 Å². The third-order valence-electron chi connectivity index (χ3n) is 5.88. The molecule has 18 heavy (non-hydrogen) atoms. The van der Waals surface area contributed by atoms with Gasteiger partial charge in [-0.15, -0.1) is 0 Å². The molecule has 2 heteroatoms. The van der Waals surface area contributed by atoms with Crippen LogP contribution in [0.4, 0.5) is 0 Å². The number of nitrogens with zero attached hydrogens (tertiary/aromatic N) is 1. The van der Waals surface area contributed by atoms with E-state index in [1.54, 1.807) is 0 Å². The Morgan fingerprint density at radius 2 is 1.78 bits per heavy atom. The highest BCUT2D eigenvalue weighted by Crippen LogP contribution is 2.44. The summed E-state index contributed by atoms with van der Waals surface area (Å²) in [6.07, 6.45) is 2.48. The molecular formula is C16H34N2. The van der Waals surface area contributed by atoms with Gasteiger partial charge in [-0.05, 0) is 50.0 Å². The van der Waals surface area contributed by atoms with Gasteiger partial charge in [0.25, 0.3) is 0 Å².